The number of aryl methyl sites for hydroxylation is 1. The Morgan fingerprint density at radius 1 is 0.889 bits per heavy atom. The van der Waals surface area contributed by atoms with Crippen LogP contribution in [0.5, 0.6) is 0 Å². The van der Waals surface area contributed by atoms with E-state index in [2.05, 4.69) is 51.5 Å². The van der Waals surface area contributed by atoms with Gasteiger partial charge in [0.2, 0.25) is 5.95 Å². The topological polar surface area (TPSA) is 53.1 Å². The van der Waals surface area contributed by atoms with Crippen LogP contribution < -0.4 is 15.5 Å². The molecular weight excluding hydrogens is 341 g/mol. The number of nitrogens with zero attached hydrogens (tertiary/aromatic N) is 3. The maximum atomic E-state index is 13.4. The van der Waals surface area contributed by atoms with Crippen molar-refractivity contribution < 1.29 is 4.39 Å². The number of anilines is 5. The van der Waals surface area contributed by atoms with Crippen molar-refractivity contribution in [2.75, 3.05) is 28.6 Å². The van der Waals surface area contributed by atoms with E-state index in [1.165, 1.54) is 17.8 Å². The summed E-state index contributed by atoms with van der Waals surface area (Å²) in [5, 5.41) is 6.34. The van der Waals surface area contributed by atoms with E-state index in [1.54, 1.807) is 12.1 Å². The first kappa shape index (κ1) is 18.6. The van der Waals surface area contributed by atoms with Crippen LogP contribution in [0.15, 0.2) is 54.6 Å². The molecule has 6 heteroatoms. The van der Waals surface area contributed by atoms with E-state index in [1.807, 2.05) is 25.1 Å². The number of aromatic nitrogens is 2. The second kappa shape index (κ2) is 8.49. The maximum absolute atomic E-state index is 13.4. The fraction of sp³-hybridized carbons (Fsp3) is 0.238. The summed E-state index contributed by atoms with van der Waals surface area (Å²) in [4.78, 5) is 11.1. The largest absolute Gasteiger partial charge is 0.372 e. The van der Waals surface area contributed by atoms with Gasteiger partial charge in [-0.3, -0.25) is 0 Å². The van der Waals surface area contributed by atoms with Gasteiger partial charge in [-0.15, -0.1) is 0 Å². The van der Waals surface area contributed by atoms with Gasteiger partial charge in [0.1, 0.15) is 11.6 Å². The van der Waals surface area contributed by atoms with Crippen LogP contribution in [0.4, 0.5) is 33.2 Å². The minimum atomic E-state index is -0.306. The molecule has 5 nitrogen and oxygen atoms in total. The summed E-state index contributed by atoms with van der Waals surface area (Å²) >= 11 is 0. The molecule has 0 spiro atoms. The van der Waals surface area contributed by atoms with E-state index in [4.69, 9.17) is 0 Å². The molecule has 0 atom stereocenters. The van der Waals surface area contributed by atoms with Gasteiger partial charge < -0.3 is 15.5 Å². The molecule has 0 aliphatic rings. The summed E-state index contributed by atoms with van der Waals surface area (Å²) in [6.45, 7) is 8.14. The third-order valence-electron chi connectivity index (χ3n) is 4.20. The van der Waals surface area contributed by atoms with Crippen LogP contribution in [-0.4, -0.2) is 23.1 Å². The van der Waals surface area contributed by atoms with Gasteiger partial charge in [0.25, 0.3) is 0 Å². The lowest BCUT2D eigenvalue weighted by molar-refractivity contribution is 0.628. The Labute approximate surface area is 159 Å². The molecule has 27 heavy (non-hydrogen) atoms. The molecule has 2 N–H and O–H groups in total. The van der Waals surface area contributed by atoms with E-state index >= 15 is 0 Å². The van der Waals surface area contributed by atoms with Crippen molar-refractivity contribution in [3.05, 3.63) is 66.1 Å². The molecule has 0 bridgehead atoms. The number of rotatable bonds is 7. The molecular formula is C21H24FN5. The fourth-order valence-corrected chi connectivity index (χ4v) is 2.88. The smallest absolute Gasteiger partial charge is 0.229 e. The molecule has 1 aromatic heterocycles. The minimum Gasteiger partial charge on any atom is -0.372 e. The lowest BCUT2D eigenvalue weighted by atomic mass is 10.2. The first-order valence-corrected chi connectivity index (χ1v) is 9.07. The Kier molecular flexibility index (Phi) is 5.86. The molecule has 1 heterocycles. The zero-order valence-electron chi connectivity index (χ0n) is 15.8. The number of benzene rings is 2. The van der Waals surface area contributed by atoms with Crippen molar-refractivity contribution in [1.29, 1.82) is 0 Å². The summed E-state index contributed by atoms with van der Waals surface area (Å²) in [5.41, 5.74) is 3.56. The van der Waals surface area contributed by atoms with E-state index < -0.39 is 0 Å². The van der Waals surface area contributed by atoms with Crippen molar-refractivity contribution in [2.24, 2.45) is 0 Å². The molecule has 0 aliphatic heterocycles. The third-order valence-corrected chi connectivity index (χ3v) is 4.20. The molecule has 0 saturated carbocycles. The first-order valence-electron chi connectivity index (χ1n) is 9.07. The lowest BCUT2D eigenvalue weighted by Gasteiger charge is -2.21. The standard InChI is InChI=1S/C21H24FN5/c1-4-27(5-2)19-11-9-17(10-12-19)24-20-13-15(3)23-21(26-20)25-18-8-6-7-16(22)14-18/h6-14H,4-5H2,1-3H3,(H2,23,24,25,26). The quantitative estimate of drug-likeness (QED) is 0.598. The number of nitrogens with one attached hydrogen (secondary N) is 2. The SMILES string of the molecule is CCN(CC)c1ccc(Nc2cc(C)nc(Nc3cccc(F)c3)n2)cc1. The van der Waals surface area contributed by atoms with E-state index in [0.717, 1.165) is 24.5 Å². The average molecular weight is 365 g/mol. The summed E-state index contributed by atoms with van der Waals surface area (Å²) < 4.78 is 13.4. The molecule has 0 radical (unpaired) electrons. The zero-order chi connectivity index (χ0) is 19.2. The Morgan fingerprint density at radius 2 is 1.63 bits per heavy atom. The van der Waals surface area contributed by atoms with E-state index in [0.29, 0.717) is 17.5 Å². The molecule has 3 rings (SSSR count). The second-order valence-electron chi connectivity index (χ2n) is 6.20. The van der Waals surface area contributed by atoms with Gasteiger partial charge in [-0.1, -0.05) is 6.07 Å². The second-order valence-corrected chi connectivity index (χ2v) is 6.20. The highest BCUT2D eigenvalue weighted by atomic mass is 19.1. The Hall–Kier alpha value is -3.15. The monoisotopic (exact) mass is 365 g/mol. The van der Waals surface area contributed by atoms with Crippen molar-refractivity contribution in [2.45, 2.75) is 20.8 Å². The molecule has 0 saturated heterocycles. The van der Waals surface area contributed by atoms with Gasteiger partial charge in [0.05, 0.1) is 0 Å². The van der Waals surface area contributed by atoms with Gasteiger partial charge >= 0.3 is 0 Å². The Balaban J connectivity index is 1.76. The molecule has 0 fully saturated rings. The summed E-state index contributed by atoms with van der Waals surface area (Å²) in [6.07, 6.45) is 0. The summed E-state index contributed by atoms with van der Waals surface area (Å²) in [5.74, 6) is 0.791. The Morgan fingerprint density at radius 3 is 2.30 bits per heavy atom. The lowest BCUT2D eigenvalue weighted by Crippen LogP contribution is -2.21. The number of hydrogen-bond donors (Lipinski definition) is 2. The van der Waals surface area contributed by atoms with Crippen LogP contribution in [0.25, 0.3) is 0 Å². The van der Waals surface area contributed by atoms with E-state index in [9.17, 15) is 4.39 Å². The molecule has 140 valence electrons. The highest BCUT2D eigenvalue weighted by Gasteiger charge is 2.06. The average Bonchev–Trinajstić information content (AvgIpc) is 2.63. The molecule has 2 aromatic carbocycles. The van der Waals surface area contributed by atoms with Crippen molar-refractivity contribution in [3.8, 4) is 0 Å². The number of halogens is 1. The molecule has 3 aromatic rings. The van der Waals surface area contributed by atoms with Crippen LogP contribution in [0.3, 0.4) is 0 Å². The van der Waals surface area contributed by atoms with Crippen LogP contribution in [0, 0.1) is 12.7 Å². The van der Waals surface area contributed by atoms with Crippen LogP contribution >= 0.6 is 0 Å². The molecule has 0 aliphatic carbocycles. The van der Waals surface area contributed by atoms with Gasteiger partial charge in [-0.25, -0.2) is 9.37 Å². The van der Waals surface area contributed by atoms with Crippen molar-refractivity contribution in [1.82, 2.24) is 9.97 Å². The molecule has 0 amide bonds. The Bertz CT molecular complexity index is 891. The third kappa shape index (κ3) is 4.94. The molecule has 0 unspecified atom stereocenters. The van der Waals surface area contributed by atoms with Gasteiger partial charge in [0, 0.05) is 41.9 Å². The van der Waals surface area contributed by atoms with Crippen LogP contribution in [0.2, 0.25) is 0 Å². The summed E-state index contributed by atoms with van der Waals surface area (Å²) in [7, 11) is 0. The van der Waals surface area contributed by atoms with Crippen molar-refractivity contribution in [3.63, 3.8) is 0 Å². The maximum Gasteiger partial charge on any atom is 0.229 e. The van der Waals surface area contributed by atoms with Gasteiger partial charge in [0.15, 0.2) is 0 Å². The normalized spacial score (nSPS) is 10.5. The first-order chi connectivity index (χ1) is 13.1. The highest BCUT2D eigenvalue weighted by molar-refractivity contribution is 5.62. The fourth-order valence-electron chi connectivity index (χ4n) is 2.88. The van der Waals surface area contributed by atoms with Crippen LogP contribution in [-0.2, 0) is 0 Å². The van der Waals surface area contributed by atoms with Gasteiger partial charge in [-0.2, -0.15) is 4.98 Å². The zero-order valence-corrected chi connectivity index (χ0v) is 15.8. The predicted octanol–water partition coefficient (Wildman–Crippen LogP) is 5.26. The van der Waals surface area contributed by atoms with Gasteiger partial charge in [-0.05, 0) is 63.2 Å². The highest BCUT2D eigenvalue weighted by Crippen LogP contribution is 2.22. The van der Waals surface area contributed by atoms with Crippen molar-refractivity contribution >= 4 is 28.8 Å². The summed E-state index contributed by atoms with van der Waals surface area (Å²) in [6, 6.07) is 16.3. The van der Waals surface area contributed by atoms with E-state index in [-0.39, 0.29) is 5.82 Å². The predicted molar refractivity (Wildman–Crippen MR) is 110 cm³/mol. The van der Waals surface area contributed by atoms with Crippen LogP contribution in [0.1, 0.15) is 19.5 Å². The number of hydrogen-bond acceptors (Lipinski definition) is 5. The minimum absolute atomic E-state index is 0.306.